The molecule has 0 fully saturated rings. The molecular weight excluding hydrogens is 272 g/mol. The fraction of sp³-hybridized carbons (Fsp3) is 0.200. The summed E-state index contributed by atoms with van der Waals surface area (Å²) >= 11 is 3.76. The molecular formula is C15H22N2S2. The van der Waals surface area contributed by atoms with Gasteiger partial charge in [0.05, 0.1) is 0 Å². The van der Waals surface area contributed by atoms with Crippen LogP contribution in [0, 0.1) is 0 Å². The highest BCUT2D eigenvalue weighted by Crippen LogP contribution is 2.26. The molecule has 2 nitrogen and oxygen atoms in total. The lowest BCUT2D eigenvalue weighted by atomic mass is 10.4. The maximum Gasteiger partial charge on any atom is 0.0486 e. The maximum atomic E-state index is 4.50. The molecule has 104 valence electrons. The number of hydrogen-bond acceptors (Lipinski definition) is 4. The number of rotatable bonds is 4. The summed E-state index contributed by atoms with van der Waals surface area (Å²) < 4.78 is 0. The fourth-order valence-electron chi connectivity index (χ4n) is 1.20. The minimum atomic E-state index is 1.06. The zero-order chi connectivity index (χ0) is 14.3. The molecule has 0 heterocycles. The van der Waals surface area contributed by atoms with E-state index in [4.69, 9.17) is 0 Å². The normalized spacial score (nSPS) is 8.63. The molecule has 0 amide bonds. The summed E-state index contributed by atoms with van der Waals surface area (Å²) in [6, 6.07) is 21.0. The summed E-state index contributed by atoms with van der Waals surface area (Å²) in [5, 5.41) is 1.06. The van der Waals surface area contributed by atoms with Gasteiger partial charge in [-0.05, 0) is 38.4 Å². The van der Waals surface area contributed by atoms with Crippen molar-refractivity contribution in [3.05, 3.63) is 60.7 Å². The quantitative estimate of drug-likeness (QED) is 0.667. The van der Waals surface area contributed by atoms with Crippen molar-refractivity contribution in [3.63, 3.8) is 0 Å². The number of nitrogens with two attached hydrogens (primary N) is 2. The van der Waals surface area contributed by atoms with Crippen LogP contribution in [0.1, 0.15) is 0 Å². The molecule has 2 aromatic carbocycles. The van der Waals surface area contributed by atoms with Crippen LogP contribution in [0.25, 0.3) is 0 Å². The van der Waals surface area contributed by atoms with Gasteiger partial charge in [0.1, 0.15) is 0 Å². The number of hydrogen-bond donors (Lipinski definition) is 2. The third-order valence-corrected chi connectivity index (χ3v) is 4.09. The van der Waals surface area contributed by atoms with Gasteiger partial charge in [-0.3, -0.25) is 0 Å². The van der Waals surface area contributed by atoms with Gasteiger partial charge in [-0.25, -0.2) is 0 Å². The molecule has 0 bridgehead atoms. The monoisotopic (exact) mass is 294 g/mol. The van der Waals surface area contributed by atoms with Crippen molar-refractivity contribution in [2.75, 3.05) is 19.2 Å². The predicted octanol–water partition coefficient (Wildman–Crippen LogP) is 3.68. The second kappa shape index (κ2) is 13.5. The smallest absolute Gasteiger partial charge is 0.0486 e. The van der Waals surface area contributed by atoms with Gasteiger partial charge in [-0.2, -0.15) is 0 Å². The minimum Gasteiger partial charge on any atom is -0.333 e. The Balaban J connectivity index is 0.000000741. The molecule has 4 heteroatoms. The first-order valence-corrected chi connectivity index (χ1v) is 7.93. The molecule has 0 atom stereocenters. The Morgan fingerprint density at radius 3 is 1.26 bits per heavy atom. The second-order valence-electron chi connectivity index (χ2n) is 3.03. The zero-order valence-corrected chi connectivity index (χ0v) is 13.1. The van der Waals surface area contributed by atoms with Crippen LogP contribution in [0.5, 0.6) is 0 Å². The standard InChI is InChI=1S/C13H12S2.2CH5N/c1-3-7-12(8-4-1)14-11-15-13-9-5-2-6-10-13;2*1-2/h1-10H,11H2;2*2H2,1H3. The SMILES string of the molecule is CN.CN.c1ccc(SCSc2ccccc2)cc1. The van der Waals surface area contributed by atoms with Gasteiger partial charge in [0.2, 0.25) is 0 Å². The molecule has 2 rings (SSSR count). The van der Waals surface area contributed by atoms with Crippen LogP contribution < -0.4 is 11.5 Å². The first-order valence-electron chi connectivity index (χ1n) is 5.96. The van der Waals surface area contributed by atoms with Crippen LogP contribution in [0.15, 0.2) is 70.5 Å². The lowest BCUT2D eigenvalue weighted by Crippen LogP contribution is -1.74. The first kappa shape index (κ1) is 18.1. The van der Waals surface area contributed by atoms with Crippen molar-refractivity contribution < 1.29 is 0 Å². The van der Waals surface area contributed by atoms with Crippen LogP contribution in [-0.4, -0.2) is 19.2 Å². The van der Waals surface area contributed by atoms with E-state index in [2.05, 4.69) is 60.0 Å². The highest BCUT2D eigenvalue weighted by molar-refractivity contribution is 8.16. The Labute approximate surface area is 125 Å². The predicted molar refractivity (Wildman–Crippen MR) is 89.7 cm³/mol. The molecule has 0 radical (unpaired) electrons. The van der Waals surface area contributed by atoms with Crippen LogP contribution in [-0.2, 0) is 0 Å². The topological polar surface area (TPSA) is 52.0 Å². The van der Waals surface area contributed by atoms with Gasteiger partial charge in [0.15, 0.2) is 0 Å². The average molecular weight is 294 g/mol. The summed E-state index contributed by atoms with van der Waals surface area (Å²) in [6.07, 6.45) is 0. The van der Waals surface area contributed by atoms with E-state index in [0.29, 0.717) is 0 Å². The highest BCUT2D eigenvalue weighted by Gasteiger charge is 1.94. The van der Waals surface area contributed by atoms with E-state index in [-0.39, 0.29) is 0 Å². The van der Waals surface area contributed by atoms with Gasteiger partial charge < -0.3 is 11.5 Å². The maximum absolute atomic E-state index is 4.50. The lowest BCUT2D eigenvalue weighted by molar-refractivity contribution is 1.46. The summed E-state index contributed by atoms with van der Waals surface area (Å²) in [6.45, 7) is 0. The van der Waals surface area contributed by atoms with Gasteiger partial charge >= 0.3 is 0 Å². The Morgan fingerprint density at radius 1 is 0.632 bits per heavy atom. The summed E-state index contributed by atoms with van der Waals surface area (Å²) in [4.78, 5) is 2.67. The van der Waals surface area contributed by atoms with E-state index in [1.165, 1.54) is 23.9 Å². The van der Waals surface area contributed by atoms with Gasteiger partial charge in [-0.1, -0.05) is 36.4 Å². The molecule has 0 aliphatic heterocycles. The third-order valence-electron chi connectivity index (χ3n) is 1.94. The van der Waals surface area contributed by atoms with Crippen molar-refractivity contribution in [3.8, 4) is 0 Å². The zero-order valence-electron chi connectivity index (χ0n) is 11.5. The summed E-state index contributed by atoms with van der Waals surface area (Å²) in [5.74, 6) is 0. The van der Waals surface area contributed by atoms with E-state index in [1.807, 2.05) is 35.7 Å². The molecule has 19 heavy (non-hydrogen) atoms. The Hall–Kier alpha value is -0.940. The second-order valence-corrected chi connectivity index (χ2v) is 5.50. The van der Waals surface area contributed by atoms with Crippen LogP contribution >= 0.6 is 23.5 Å². The third kappa shape index (κ3) is 8.72. The van der Waals surface area contributed by atoms with E-state index < -0.39 is 0 Å². The van der Waals surface area contributed by atoms with E-state index in [1.54, 1.807) is 0 Å². The molecule has 0 aliphatic rings. The van der Waals surface area contributed by atoms with Gasteiger partial charge in [-0.15, -0.1) is 23.5 Å². The molecule has 0 aliphatic carbocycles. The average Bonchev–Trinajstić information content (AvgIpc) is 2.53. The summed E-state index contributed by atoms with van der Waals surface area (Å²) in [7, 11) is 3.00. The highest BCUT2D eigenvalue weighted by atomic mass is 32.2. The van der Waals surface area contributed by atoms with Crippen LogP contribution in [0.2, 0.25) is 0 Å². The Morgan fingerprint density at radius 2 is 0.947 bits per heavy atom. The van der Waals surface area contributed by atoms with Gasteiger partial charge in [0.25, 0.3) is 0 Å². The lowest BCUT2D eigenvalue weighted by Gasteiger charge is -2.01. The van der Waals surface area contributed by atoms with Crippen molar-refractivity contribution in [1.82, 2.24) is 0 Å². The molecule has 0 saturated carbocycles. The number of thioether (sulfide) groups is 2. The molecule has 0 saturated heterocycles. The number of benzene rings is 2. The van der Waals surface area contributed by atoms with E-state index >= 15 is 0 Å². The van der Waals surface area contributed by atoms with E-state index in [0.717, 1.165) is 5.08 Å². The minimum absolute atomic E-state index is 1.06. The Bertz CT molecular complexity index is 354. The molecule has 0 spiro atoms. The van der Waals surface area contributed by atoms with Crippen molar-refractivity contribution in [2.24, 2.45) is 11.5 Å². The van der Waals surface area contributed by atoms with Crippen LogP contribution in [0.4, 0.5) is 0 Å². The van der Waals surface area contributed by atoms with Crippen LogP contribution in [0.3, 0.4) is 0 Å². The first-order chi connectivity index (χ1) is 9.45. The summed E-state index contributed by atoms with van der Waals surface area (Å²) in [5.41, 5.74) is 9.00. The molecule has 4 N–H and O–H groups in total. The van der Waals surface area contributed by atoms with Gasteiger partial charge in [0, 0.05) is 14.9 Å². The van der Waals surface area contributed by atoms with E-state index in [9.17, 15) is 0 Å². The molecule has 0 aromatic heterocycles. The molecule has 2 aromatic rings. The van der Waals surface area contributed by atoms with Crippen molar-refractivity contribution >= 4 is 23.5 Å². The fourth-order valence-corrected chi connectivity index (χ4v) is 3.22. The largest absolute Gasteiger partial charge is 0.333 e. The van der Waals surface area contributed by atoms with Crippen molar-refractivity contribution in [2.45, 2.75) is 9.79 Å². The Kier molecular flexibility index (Phi) is 12.8. The van der Waals surface area contributed by atoms with Crippen molar-refractivity contribution in [1.29, 1.82) is 0 Å². The molecule has 0 unspecified atom stereocenters.